The topological polar surface area (TPSA) is 77.7 Å². The van der Waals surface area contributed by atoms with E-state index in [1.165, 1.54) is 12.3 Å². The Hall–Kier alpha value is -2.54. The van der Waals surface area contributed by atoms with E-state index in [1.807, 2.05) is 13.8 Å². The number of aliphatic hydroxyl groups is 1. The Kier molecular flexibility index (Phi) is 5.81. The average Bonchev–Trinajstić information content (AvgIpc) is 3.06. The highest BCUT2D eigenvalue weighted by atomic mass is 19.1. The molecule has 130 valence electrons. The number of nitrogens with zero attached hydrogens (tertiary/aromatic N) is 1. The van der Waals surface area contributed by atoms with Crippen molar-refractivity contribution in [2.75, 3.05) is 23.8 Å². The number of benzene rings is 1. The third-order valence-electron chi connectivity index (χ3n) is 3.69. The van der Waals surface area contributed by atoms with Crippen molar-refractivity contribution in [1.29, 1.82) is 0 Å². The van der Waals surface area contributed by atoms with E-state index >= 15 is 0 Å². The lowest BCUT2D eigenvalue weighted by atomic mass is 10.2. The number of hydrogen-bond acceptors (Lipinski definition) is 4. The Balaban J connectivity index is 1.91. The van der Waals surface area contributed by atoms with Gasteiger partial charge in [-0.3, -0.25) is 0 Å². The molecule has 3 N–H and O–H groups in total. The molecule has 1 heterocycles. The number of furan rings is 1. The van der Waals surface area contributed by atoms with Crippen molar-refractivity contribution in [1.82, 2.24) is 5.32 Å². The van der Waals surface area contributed by atoms with E-state index in [9.17, 15) is 14.3 Å². The SMILES string of the molecule is CC(C)N(C)c1ccc(NC(=O)NCC(O)c2ccco2)cc1F. The van der Waals surface area contributed by atoms with Gasteiger partial charge in [0.15, 0.2) is 0 Å². The molecule has 1 aromatic carbocycles. The zero-order valence-electron chi connectivity index (χ0n) is 13.9. The summed E-state index contributed by atoms with van der Waals surface area (Å²) in [7, 11) is 1.80. The lowest BCUT2D eigenvalue weighted by Gasteiger charge is -2.24. The van der Waals surface area contributed by atoms with E-state index in [0.717, 1.165) is 0 Å². The molecule has 1 atom stereocenters. The second-order valence-corrected chi connectivity index (χ2v) is 5.74. The molecular formula is C17H22FN3O3. The van der Waals surface area contributed by atoms with Gasteiger partial charge in [-0.15, -0.1) is 0 Å². The van der Waals surface area contributed by atoms with Crippen LogP contribution in [0.4, 0.5) is 20.6 Å². The van der Waals surface area contributed by atoms with Crippen molar-refractivity contribution < 1.29 is 18.7 Å². The Labute approximate surface area is 140 Å². The summed E-state index contributed by atoms with van der Waals surface area (Å²) >= 11 is 0. The number of amides is 2. The number of carbonyl (C=O) groups excluding carboxylic acids is 1. The highest BCUT2D eigenvalue weighted by molar-refractivity contribution is 5.89. The van der Waals surface area contributed by atoms with Gasteiger partial charge in [0.05, 0.1) is 18.5 Å². The van der Waals surface area contributed by atoms with Gasteiger partial charge in [0.1, 0.15) is 17.7 Å². The van der Waals surface area contributed by atoms with Crippen LogP contribution in [0.25, 0.3) is 0 Å². The van der Waals surface area contributed by atoms with Crippen molar-refractivity contribution >= 4 is 17.4 Å². The normalized spacial score (nSPS) is 12.1. The zero-order chi connectivity index (χ0) is 17.7. The maximum Gasteiger partial charge on any atom is 0.319 e. The fraction of sp³-hybridized carbons (Fsp3) is 0.353. The van der Waals surface area contributed by atoms with Crippen LogP contribution in [0.15, 0.2) is 41.0 Å². The standard InChI is InChI=1S/C17H22FN3O3/c1-11(2)21(3)14-7-6-12(9-13(14)18)20-17(23)19-10-15(22)16-5-4-8-24-16/h4-9,11,15,22H,10H2,1-3H3,(H2,19,20,23). The number of rotatable bonds is 6. The van der Waals surface area contributed by atoms with E-state index in [0.29, 0.717) is 17.1 Å². The number of urea groups is 1. The fourth-order valence-corrected chi connectivity index (χ4v) is 2.09. The van der Waals surface area contributed by atoms with E-state index in [1.54, 1.807) is 36.2 Å². The first kappa shape index (κ1) is 17.8. The zero-order valence-corrected chi connectivity index (χ0v) is 13.9. The van der Waals surface area contributed by atoms with Gasteiger partial charge in [0.25, 0.3) is 0 Å². The number of carbonyl (C=O) groups is 1. The van der Waals surface area contributed by atoms with Crippen LogP contribution in [-0.2, 0) is 0 Å². The van der Waals surface area contributed by atoms with E-state index in [-0.39, 0.29) is 12.6 Å². The summed E-state index contributed by atoms with van der Waals surface area (Å²) in [4.78, 5) is 13.6. The predicted molar refractivity (Wildman–Crippen MR) is 90.6 cm³/mol. The minimum atomic E-state index is -0.940. The molecule has 2 rings (SSSR count). The molecule has 0 saturated heterocycles. The largest absolute Gasteiger partial charge is 0.467 e. The van der Waals surface area contributed by atoms with Gasteiger partial charge in [-0.25, -0.2) is 9.18 Å². The summed E-state index contributed by atoms with van der Waals surface area (Å²) in [6, 6.07) is 7.38. The van der Waals surface area contributed by atoms with Crippen molar-refractivity contribution in [2.24, 2.45) is 0 Å². The van der Waals surface area contributed by atoms with Gasteiger partial charge in [-0.05, 0) is 44.2 Å². The lowest BCUT2D eigenvalue weighted by molar-refractivity contribution is 0.149. The first-order valence-electron chi connectivity index (χ1n) is 7.67. The Morgan fingerprint density at radius 3 is 2.71 bits per heavy atom. The van der Waals surface area contributed by atoms with Gasteiger partial charge < -0.3 is 25.1 Å². The smallest absolute Gasteiger partial charge is 0.319 e. The van der Waals surface area contributed by atoms with Crippen molar-refractivity contribution in [2.45, 2.75) is 26.0 Å². The van der Waals surface area contributed by atoms with Crippen LogP contribution in [0.1, 0.15) is 25.7 Å². The molecule has 0 aliphatic heterocycles. The summed E-state index contributed by atoms with van der Waals surface area (Å²) in [5, 5.41) is 14.8. The van der Waals surface area contributed by atoms with E-state index in [2.05, 4.69) is 10.6 Å². The average molecular weight is 335 g/mol. The number of aliphatic hydroxyl groups excluding tert-OH is 1. The van der Waals surface area contributed by atoms with Gasteiger partial charge in [0.2, 0.25) is 0 Å². The molecule has 1 unspecified atom stereocenters. The molecule has 0 radical (unpaired) electrons. The second-order valence-electron chi connectivity index (χ2n) is 5.74. The van der Waals surface area contributed by atoms with Gasteiger partial charge in [-0.1, -0.05) is 0 Å². The van der Waals surface area contributed by atoms with E-state index in [4.69, 9.17) is 4.42 Å². The molecule has 1 aromatic heterocycles. The number of nitrogens with one attached hydrogen (secondary N) is 2. The Morgan fingerprint density at radius 2 is 2.12 bits per heavy atom. The molecular weight excluding hydrogens is 313 g/mol. The molecule has 0 aliphatic rings. The third-order valence-corrected chi connectivity index (χ3v) is 3.69. The first-order chi connectivity index (χ1) is 11.4. The van der Waals surface area contributed by atoms with Gasteiger partial charge >= 0.3 is 6.03 Å². The van der Waals surface area contributed by atoms with Crippen LogP contribution < -0.4 is 15.5 Å². The Bertz CT molecular complexity index is 674. The van der Waals surface area contributed by atoms with Crippen LogP contribution in [0.5, 0.6) is 0 Å². The van der Waals surface area contributed by atoms with Crippen molar-refractivity contribution in [3.8, 4) is 0 Å². The maximum atomic E-state index is 14.1. The number of hydrogen-bond donors (Lipinski definition) is 3. The minimum absolute atomic E-state index is 0.0179. The highest BCUT2D eigenvalue weighted by Gasteiger charge is 2.14. The molecule has 0 aliphatic carbocycles. The molecule has 2 aromatic rings. The maximum absolute atomic E-state index is 14.1. The molecule has 0 bridgehead atoms. The van der Waals surface area contributed by atoms with Crippen LogP contribution in [-0.4, -0.2) is 30.8 Å². The van der Waals surface area contributed by atoms with Gasteiger partial charge in [0, 0.05) is 18.8 Å². The molecule has 7 heteroatoms. The van der Waals surface area contributed by atoms with Crippen LogP contribution in [0.2, 0.25) is 0 Å². The summed E-state index contributed by atoms with van der Waals surface area (Å²) in [5.74, 6) is -0.0537. The minimum Gasteiger partial charge on any atom is -0.467 e. The molecule has 6 nitrogen and oxygen atoms in total. The van der Waals surface area contributed by atoms with E-state index < -0.39 is 18.0 Å². The van der Waals surface area contributed by atoms with Crippen molar-refractivity contribution in [3.05, 3.63) is 48.2 Å². The quantitative estimate of drug-likeness (QED) is 0.758. The molecule has 0 spiro atoms. The number of halogens is 1. The van der Waals surface area contributed by atoms with Crippen LogP contribution in [0, 0.1) is 5.82 Å². The summed E-state index contributed by atoms with van der Waals surface area (Å²) < 4.78 is 19.2. The summed E-state index contributed by atoms with van der Waals surface area (Å²) in [6.07, 6.45) is 0.501. The molecule has 24 heavy (non-hydrogen) atoms. The fourth-order valence-electron chi connectivity index (χ4n) is 2.09. The highest BCUT2D eigenvalue weighted by Crippen LogP contribution is 2.23. The second kappa shape index (κ2) is 7.83. The third kappa shape index (κ3) is 4.48. The van der Waals surface area contributed by atoms with Gasteiger partial charge in [-0.2, -0.15) is 0 Å². The van der Waals surface area contributed by atoms with Crippen molar-refractivity contribution in [3.63, 3.8) is 0 Å². The molecule has 2 amide bonds. The monoisotopic (exact) mass is 335 g/mol. The summed E-state index contributed by atoms with van der Waals surface area (Å²) in [5.41, 5.74) is 0.794. The number of anilines is 2. The lowest BCUT2D eigenvalue weighted by Crippen LogP contribution is -2.32. The van der Waals surface area contributed by atoms with Crippen LogP contribution in [0.3, 0.4) is 0 Å². The molecule has 0 saturated carbocycles. The predicted octanol–water partition coefficient (Wildman–Crippen LogP) is 3.12. The molecule has 0 fully saturated rings. The first-order valence-corrected chi connectivity index (χ1v) is 7.67. The van der Waals surface area contributed by atoms with Crippen LogP contribution >= 0.6 is 0 Å². The Morgan fingerprint density at radius 1 is 1.38 bits per heavy atom. The summed E-state index contributed by atoms with van der Waals surface area (Å²) in [6.45, 7) is 3.91.